The van der Waals surface area contributed by atoms with E-state index in [0.717, 1.165) is 18.6 Å². The van der Waals surface area contributed by atoms with Gasteiger partial charge in [0.05, 0.1) is 5.56 Å². The first-order valence-corrected chi connectivity index (χ1v) is 5.32. The summed E-state index contributed by atoms with van der Waals surface area (Å²) in [4.78, 5) is 13.3. The number of carbonyl (C=O) groups is 1. The Kier molecular flexibility index (Phi) is 2.73. The monoisotopic (exact) mass is 275 g/mol. The van der Waals surface area contributed by atoms with E-state index in [0.29, 0.717) is 17.6 Å². The fraction of sp³-hybridized carbons (Fsp3) is 0.300. The van der Waals surface area contributed by atoms with Gasteiger partial charge in [-0.25, -0.2) is 8.78 Å². The lowest BCUT2D eigenvalue weighted by molar-refractivity contribution is 0.0650. The quantitative estimate of drug-likeness (QED) is 0.722. The number of likely N-dealkylation sites (tertiary alicyclic amines) is 1. The van der Waals surface area contributed by atoms with Crippen molar-refractivity contribution in [1.82, 2.24) is 4.90 Å². The number of rotatable bonds is 1. The Morgan fingerprint density at radius 3 is 2.40 bits per heavy atom. The lowest BCUT2D eigenvalue weighted by Gasteiger charge is -2.31. The van der Waals surface area contributed by atoms with Gasteiger partial charge in [-0.2, -0.15) is 0 Å². The zero-order valence-electron chi connectivity index (χ0n) is 7.77. The van der Waals surface area contributed by atoms with Crippen molar-refractivity contribution in [3.63, 3.8) is 0 Å². The highest BCUT2D eigenvalue weighted by Crippen LogP contribution is 2.23. The molecule has 1 aliphatic rings. The number of amides is 1. The second-order valence-electron chi connectivity index (χ2n) is 3.39. The molecule has 0 saturated carbocycles. The maximum Gasteiger partial charge on any atom is 0.255 e. The summed E-state index contributed by atoms with van der Waals surface area (Å²) in [6, 6.07) is 1.91. The fourth-order valence-electron chi connectivity index (χ4n) is 1.38. The van der Waals surface area contributed by atoms with Crippen LogP contribution in [0.4, 0.5) is 8.78 Å². The zero-order chi connectivity index (χ0) is 11.0. The maximum absolute atomic E-state index is 12.9. The number of nitrogens with zero attached hydrogens (tertiary/aromatic N) is 1. The summed E-state index contributed by atoms with van der Waals surface area (Å²) in [6.45, 7) is 1.37. The van der Waals surface area contributed by atoms with Crippen molar-refractivity contribution < 1.29 is 13.6 Å². The molecule has 15 heavy (non-hydrogen) atoms. The van der Waals surface area contributed by atoms with Crippen molar-refractivity contribution >= 4 is 21.8 Å². The molecule has 0 N–H and O–H groups in total. The van der Waals surface area contributed by atoms with Crippen LogP contribution in [0, 0.1) is 11.6 Å². The molecule has 1 heterocycles. The van der Waals surface area contributed by atoms with Crippen LogP contribution in [0.3, 0.4) is 0 Å². The van der Waals surface area contributed by atoms with E-state index < -0.39 is 11.6 Å². The van der Waals surface area contributed by atoms with E-state index in [1.54, 1.807) is 4.90 Å². The standard InChI is InChI=1S/C10H8BrF2NO/c11-7-5-9(13)8(12)4-6(7)10(15)14-2-1-3-14/h4-5H,1-3H2. The van der Waals surface area contributed by atoms with Crippen LogP contribution in [0.2, 0.25) is 0 Å². The molecule has 1 fully saturated rings. The van der Waals surface area contributed by atoms with Gasteiger partial charge in [0.2, 0.25) is 0 Å². The SMILES string of the molecule is O=C(c1cc(F)c(F)cc1Br)N1CCC1. The zero-order valence-corrected chi connectivity index (χ0v) is 9.35. The second-order valence-corrected chi connectivity index (χ2v) is 4.25. The third-order valence-corrected chi connectivity index (χ3v) is 3.04. The average molecular weight is 276 g/mol. The summed E-state index contributed by atoms with van der Waals surface area (Å²) in [5.41, 5.74) is 0.175. The van der Waals surface area contributed by atoms with Crippen molar-refractivity contribution in [1.29, 1.82) is 0 Å². The van der Waals surface area contributed by atoms with Crippen LogP contribution in [0.5, 0.6) is 0 Å². The third kappa shape index (κ3) is 1.88. The minimum Gasteiger partial charge on any atom is -0.338 e. The van der Waals surface area contributed by atoms with Crippen LogP contribution < -0.4 is 0 Å². The molecule has 1 aromatic rings. The van der Waals surface area contributed by atoms with Crippen molar-refractivity contribution in [3.05, 3.63) is 33.8 Å². The molecular formula is C10H8BrF2NO. The lowest BCUT2D eigenvalue weighted by Crippen LogP contribution is -2.42. The molecule has 1 aromatic carbocycles. The molecule has 2 rings (SSSR count). The van der Waals surface area contributed by atoms with Crippen LogP contribution in [0.15, 0.2) is 16.6 Å². The van der Waals surface area contributed by atoms with Crippen LogP contribution in [0.25, 0.3) is 0 Å². The first kappa shape index (κ1) is 10.5. The average Bonchev–Trinajstić information content (AvgIpc) is 2.08. The Balaban J connectivity index is 2.34. The Labute approximate surface area is 94.0 Å². The molecule has 0 atom stereocenters. The number of hydrogen-bond donors (Lipinski definition) is 0. The van der Waals surface area contributed by atoms with Crippen LogP contribution >= 0.6 is 15.9 Å². The first-order chi connectivity index (χ1) is 7.09. The van der Waals surface area contributed by atoms with Gasteiger partial charge in [-0.3, -0.25) is 4.79 Å². The summed E-state index contributed by atoms with van der Waals surface area (Å²) in [5, 5.41) is 0. The molecule has 0 aromatic heterocycles. The van der Waals surface area contributed by atoms with Gasteiger partial charge in [-0.1, -0.05) is 0 Å². The lowest BCUT2D eigenvalue weighted by atomic mass is 10.1. The van der Waals surface area contributed by atoms with Gasteiger partial charge in [0.15, 0.2) is 11.6 Å². The summed E-state index contributed by atoms with van der Waals surface area (Å²) < 4.78 is 26.0. The van der Waals surface area contributed by atoms with Crippen LogP contribution in [0.1, 0.15) is 16.8 Å². The Hall–Kier alpha value is -0.970. The van der Waals surface area contributed by atoms with E-state index in [1.807, 2.05) is 0 Å². The first-order valence-electron chi connectivity index (χ1n) is 4.53. The molecule has 0 unspecified atom stereocenters. The van der Waals surface area contributed by atoms with E-state index in [9.17, 15) is 13.6 Å². The van der Waals surface area contributed by atoms with Gasteiger partial charge in [-0.05, 0) is 34.5 Å². The van der Waals surface area contributed by atoms with E-state index in [4.69, 9.17) is 0 Å². The summed E-state index contributed by atoms with van der Waals surface area (Å²) in [7, 11) is 0. The normalized spacial score (nSPS) is 15.0. The summed E-state index contributed by atoms with van der Waals surface area (Å²) >= 11 is 3.05. The van der Waals surface area contributed by atoms with Crippen molar-refractivity contribution in [2.24, 2.45) is 0 Å². The maximum atomic E-state index is 12.9. The number of benzene rings is 1. The van der Waals surface area contributed by atoms with Crippen molar-refractivity contribution in [3.8, 4) is 0 Å². The topological polar surface area (TPSA) is 20.3 Å². The number of hydrogen-bond acceptors (Lipinski definition) is 1. The highest BCUT2D eigenvalue weighted by Gasteiger charge is 2.24. The van der Waals surface area contributed by atoms with Gasteiger partial charge in [0.1, 0.15) is 0 Å². The molecular weight excluding hydrogens is 268 g/mol. The molecule has 1 aliphatic heterocycles. The predicted molar refractivity (Wildman–Crippen MR) is 54.6 cm³/mol. The molecule has 0 radical (unpaired) electrons. The highest BCUT2D eigenvalue weighted by atomic mass is 79.9. The molecule has 2 nitrogen and oxygen atoms in total. The predicted octanol–water partition coefficient (Wildman–Crippen LogP) is 2.57. The molecule has 0 spiro atoms. The van der Waals surface area contributed by atoms with E-state index in [2.05, 4.69) is 15.9 Å². The molecule has 1 saturated heterocycles. The highest BCUT2D eigenvalue weighted by molar-refractivity contribution is 9.10. The number of halogens is 3. The fourth-order valence-corrected chi connectivity index (χ4v) is 1.86. The minimum absolute atomic E-state index is 0.175. The van der Waals surface area contributed by atoms with Gasteiger partial charge in [-0.15, -0.1) is 0 Å². The van der Waals surface area contributed by atoms with Crippen molar-refractivity contribution in [2.45, 2.75) is 6.42 Å². The Bertz CT molecular complexity index is 418. The number of carbonyl (C=O) groups excluding carboxylic acids is 1. The van der Waals surface area contributed by atoms with E-state index in [1.165, 1.54) is 0 Å². The smallest absolute Gasteiger partial charge is 0.255 e. The van der Waals surface area contributed by atoms with E-state index >= 15 is 0 Å². The van der Waals surface area contributed by atoms with Crippen LogP contribution in [-0.2, 0) is 0 Å². The molecule has 0 bridgehead atoms. The third-order valence-electron chi connectivity index (χ3n) is 2.38. The molecule has 0 aliphatic carbocycles. The molecule has 1 amide bonds. The molecule has 5 heteroatoms. The largest absolute Gasteiger partial charge is 0.338 e. The second kappa shape index (κ2) is 3.89. The molecule has 80 valence electrons. The summed E-state index contributed by atoms with van der Waals surface area (Å²) in [5.74, 6) is -2.21. The van der Waals surface area contributed by atoms with Gasteiger partial charge in [0.25, 0.3) is 5.91 Å². The van der Waals surface area contributed by atoms with Gasteiger partial charge in [0, 0.05) is 17.6 Å². The Morgan fingerprint density at radius 1 is 1.27 bits per heavy atom. The van der Waals surface area contributed by atoms with Gasteiger partial charge < -0.3 is 4.90 Å². The van der Waals surface area contributed by atoms with Crippen molar-refractivity contribution in [2.75, 3.05) is 13.1 Å². The minimum atomic E-state index is -0.998. The van der Waals surface area contributed by atoms with E-state index in [-0.39, 0.29) is 11.5 Å². The van der Waals surface area contributed by atoms with Gasteiger partial charge >= 0.3 is 0 Å². The summed E-state index contributed by atoms with van der Waals surface area (Å²) in [6.07, 6.45) is 0.965. The Morgan fingerprint density at radius 2 is 1.87 bits per heavy atom. The van der Waals surface area contributed by atoms with Crippen LogP contribution in [-0.4, -0.2) is 23.9 Å².